The van der Waals surface area contributed by atoms with E-state index in [1.807, 2.05) is 50.5 Å². The summed E-state index contributed by atoms with van der Waals surface area (Å²) in [7, 11) is 0. The Bertz CT molecular complexity index is 1880. The molecular formula is C36H46N6O7. The van der Waals surface area contributed by atoms with Crippen molar-refractivity contribution in [2.24, 2.45) is 0 Å². The molecule has 13 nitrogen and oxygen atoms in total. The molecule has 2 heterocycles. The summed E-state index contributed by atoms with van der Waals surface area (Å²) >= 11 is 0. The van der Waals surface area contributed by atoms with Crippen molar-refractivity contribution in [2.45, 2.75) is 104 Å². The molecule has 0 aliphatic carbocycles. The SMILES string of the molecule is CCCCc1nc2c(N)nc3cc(C(C)(C)C(C)(C)NC(=O)CCC(=O)ON(C=O)C(=O)CCC)ccc3c2n1Cc1cc(O)ccc1O. The van der Waals surface area contributed by atoms with E-state index in [4.69, 9.17) is 20.5 Å². The van der Waals surface area contributed by atoms with Gasteiger partial charge in [-0.1, -0.05) is 46.2 Å². The number of fused-ring (bicyclic) bond motifs is 3. The second kappa shape index (κ2) is 14.9. The minimum Gasteiger partial charge on any atom is -0.508 e. The summed E-state index contributed by atoms with van der Waals surface area (Å²) in [5.41, 5.74) is 8.40. The standard InChI is InChI=1S/C36H46N6O7/c1-7-9-11-28-39-32-33(41(28)20-22-18-24(44)13-15-27(22)45)25-14-12-23(19-26(25)38-34(32)37)35(3,4)36(5,6)40-29(46)16-17-31(48)49-42(21-43)30(47)10-8-2/h12-15,18-19,21,44-45H,7-11,16-17,20H2,1-6H3,(H2,37,38)(H,40,46). The molecule has 5 N–H and O–H groups in total. The quantitative estimate of drug-likeness (QED) is 0.0789. The smallest absolute Gasteiger partial charge is 0.333 e. The molecule has 0 radical (unpaired) electrons. The average Bonchev–Trinajstić information content (AvgIpc) is 3.41. The van der Waals surface area contributed by atoms with Crippen molar-refractivity contribution in [2.75, 3.05) is 5.73 Å². The lowest BCUT2D eigenvalue weighted by molar-refractivity contribution is -0.196. The van der Waals surface area contributed by atoms with E-state index in [0.717, 1.165) is 35.1 Å². The van der Waals surface area contributed by atoms with Crippen molar-refractivity contribution in [3.8, 4) is 11.5 Å². The van der Waals surface area contributed by atoms with Gasteiger partial charge in [0, 0.05) is 41.2 Å². The molecule has 0 saturated heterocycles. The van der Waals surface area contributed by atoms with Crippen molar-refractivity contribution < 1.29 is 34.2 Å². The van der Waals surface area contributed by atoms with Gasteiger partial charge < -0.3 is 30.7 Å². The molecule has 3 amide bonds. The molecule has 2 aromatic heterocycles. The summed E-state index contributed by atoms with van der Waals surface area (Å²) < 4.78 is 2.02. The number of unbranched alkanes of at least 4 members (excludes halogenated alkanes) is 1. The van der Waals surface area contributed by atoms with Gasteiger partial charge in [0.25, 0.3) is 12.3 Å². The predicted octanol–water partition coefficient (Wildman–Crippen LogP) is 5.16. The van der Waals surface area contributed by atoms with Gasteiger partial charge >= 0.3 is 5.97 Å². The van der Waals surface area contributed by atoms with Crippen molar-refractivity contribution in [1.82, 2.24) is 24.9 Å². The number of pyridine rings is 1. The normalized spacial score (nSPS) is 11.9. The van der Waals surface area contributed by atoms with Crippen LogP contribution in [0.2, 0.25) is 0 Å². The van der Waals surface area contributed by atoms with E-state index in [1.54, 1.807) is 6.92 Å². The highest BCUT2D eigenvalue weighted by molar-refractivity contribution is 6.07. The second-order valence-electron chi connectivity index (χ2n) is 13.3. The Kier molecular flexibility index (Phi) is 11.2. The number of carbonyl (C=O) groups is 4. The lowest BCUT2D eigenvalue weighted by Crippen LogP contribution is -2.56. The van der Waals surface area contributed by atoms with Crippen LogP contribution in [0, 0.1) is 0 Å². The van der Waals surface area contributed by atoms with Crippen LogP contribution in [-0.4, -0.2) is 59.5 Å². The first kappa shape index (κ1) is 36.6. The number of hydrogen-bond acceptors (Lipinski definition) is 10. The number of amides is 3. The molecule has 0 aliphatic rings. The third-order valence-corrected chi connectivity index (χ3v) is 9.23. The van der Waals surface area contributed by atoms with Crippen LogP contribution < -0.4 is 11.1 Å². The number of hydrogen-bond donors (Lipinski definition) is 4. The number of rotatable bonds is 14. The van der Waals surface area contributed by atoms with E-state index in [9.17, 15) is 29.4 Å². The number of phenolic OH excluding ortho intramolecular Hbond substituents is 2. The van der Waals surface area contributed by atoms with Crippen molar-refractivity contribution in [3.05, 3.63) is 53.3 Å². The maximum Gasteiger partial charge on any atom is 0.333 e. The van der Waals surface area contributed by atoms with Crippen molar-refractivity contribution in [1.29, 1.82) is 0 Å². The van der Waals surface area contributed by atoms with Crippen molar-refractivity contribution >= 4 is 51.9 Å². The number of carbonyl (C=O) groups excluding carboxylic acids is 4. The molecule has 0 spiro atoms. The number of imidazole rings is 1. The first-order valence-corrected chi connectivity index (χ1v) is 16.5. The molecule has 49 heavy (non-hydrogen) atoms. The molecule has 0 atom stereocenters. The number of nitrogen functional groups attached to an aromatic ring is 1. The predicted molar refractivity (Wildman–Crippen MR) is 185 cm³/mol. The minimum absolute atomic E-state index is 0.0447. The van der Waals surface area contributed by atoms with Gasteiger partial charge in [-0.2, -0.15) is 0 Å². The van der Waals surface area contributed by atoms with Gasteiger partial charge in [0.15, 0.2) is 5.82 Å². The fourth-order valence-electron chi connectivity index (χ4n) is 5.67. The highest BCUT2D eigenvalue weighted by Gasteiger charge is 2.40. The van der Waals surface area contributed by atoms with Crippen LogP contribution in [0.5, 0.6) is 11.5 Å². The van der Waals surface area contributed by atoms with Gasteiger partial charge in [-0.3, -0.25) is 14.4 Å². The molecule has 4 aromatic rings. The first-order valence-electron chi connectivity index (χ1n) is 16.5. The van der Waals surface area contributed by atoms with Crippen LogP contribution in [0.3, 0.4) is 0 Å². The third-order valence-electron chi connectivity index (χ3n) is 9.23. The number of benzene rings is 2. The molecule has 0 aliphatic heterocycles. The van der Waals surface area contributed by atoms with Gasteiger partial charge in [0.05, 0.1) is 24.0 Å². The van der Waals surface area contributed by atoms with E-state index >= 15 is 0 Å². The van der Waals surface area contributed by atoms with E-state index in [0.29, 0.717) is 34.5 Å². The van der Waals surface area contributed by atoms with Gasteiger partial charge in [-0.15, -0.1) is 5.06 Å². The Hall–Kier alpha value is -5.20. The summed E-state index contributed by atoms with van der Waals surface area (Å²) in [5.74, 6) is -0.753. The molecule has 4 rings (SSSR count). The van der Waals surface area contributed by atoms with Crippen LogP contribution in [0.1, 0.15) is 97.0 Å². The van der Waals surface area contributed by atoms with Gasteiger partial charge in [0.1, 0.15) is 22.8 Å². The topological polar surface area (TPSA) is 190 Å². The second-order valence-corrected chi connectivity index (χ2v) is 13.3. The fraction of sp³-hybridized carbons (Fsp3) is 0.444. The van der Waals surface area contributed by atoms with E-state index in [1.165, 1.54) is 18.2 Å². The number of nitrogens with two attached hydrogens (primary N) is 1. The van der Waals surface area contributed by atoms with Crippen LogP contribution in [0.4, 0.5) is 5.82 Å². The Labute approximate surface area is 285 Å². The molecule has 262 valence electrons. The minimum atomic E-state index is -0.871. The number of imide groups is 1. The number of hydroxylamine groups is 2. The summed E-state index contributed by atoms with van der Waals surface area (Å²) in [6, 6.07) is 10.3. The summed E-state index contributed by atoms with van der Waals surface area (Å²) in [5, 5.41) is 24.9. The highest BCUT2D eigenvalue weighted by atomic mass is 16.7. The molecule has 13 heteroatoms. The van der Waals surface area contributed by atoms with E-state index < -0.39 is 28.7 Å². The zero-order valence-electron chi connectivity index (χ0n) is 29.0. The highest BCUT2D eigenvalue weighted by Crippen LogP contribution is 2.38. The van der Waals surface area contributed by atoms with Crippen molar-refractivity contribution in [3.63, 3.8) is 0 Å². The first-order chi connectivity index (χ1) is 23.1. The molecule has 0 saturated carbocycles. The number of phenols is 2. The average molecular weight is 675 g/mol. The Morgan fingerprint density at radius 2 is 1.73 bits per heavy atom. The largest absolute Gasteiger partial charge is 0.508 e. The number of aromatic hydroxyl groups is 2. The van der Waals surface area contributed by atoms with Crippen LogP contribution >= 0.6 is 0 Å². The zero-order valence-corrected chi connectivity index (χ0v) is 29.0. The summed E-state index contributed by atoms with van der Waals surface area (Å²) in [6.45, 7) is 11.9. The van der Waals surface area contributed by atoms with E-state index in [2.05, 4.69) is 12.2 Å². The summed E-state index contributed by atoms with van der Waals surface area (Å²) in [6.07, 6.45) is 2.68. The number of aryl methyl sites for hydroxylation is 1. The fourth-order valence-corrected chi connectivity index (χ4v) is 5.67. The van der Waals surface area contributed by atoms with Crippen LogP contribution in [0.25, 0.3) is 21.9 Å². The Morgan fingerprint density at radius 3 is 2.41 bits per heavy atom. The lowest BCUT2D eigenvalue weighted by atomic mass is 9.69. The number of nitrogens with zero attached hydrogens (tertiary/aromatic N) is 4. The number of aromatic nitrogens is 3. The monoisotopic (exact) mass is 674 g/mol. The Morgan fingerprint density at radius 1 is 1.00 bits per heavy atom. The number of anilines is 1. The lowest BCUT2D eigenvalue weighted by Gasteiger charge is -2.43. The molecule has 0 bridgehead atoms. The summed E-state index contributed by atoms with van der Waals surface area (Å²) in [4.78, 5) is 62.8. The molecule has 0 fully saturated rings. The van der Waals surface area contributed by atoms with Gasteiger partial charge in [-0.05, 0) is 56.5 Å². The maximum atomic E-state index is 13.0. The number of nitrogens with one attached hydrogen (secondary N) is 1. The Balaban J connectivity index is 1.62. The molecule has 2 aromatic carbocycles. The van der Waals surface area contributed by atoms with E-state index in [-0.39, 0.29) is 49.5 Å². The van der Waals surface area contributed by atoms with Gasteiger partial charge in [-0.25, -0.2) is 14.8 Å². The third kappa shape index (κ3) is 7.93. The van der Waals surface area contributed by atoms with Crippen LogP contribution in [0.15, 0.2) is 36.4 Å². The van der Waals surface area contributed by atoms with Crippen LogP contribution in [-0.2, 0) is 42.4 Å². The zero-order chi connectivity index (χ0) is 36.1. The van der Waals surface area contributed by atoms with Gasteiger partial charge in [0.2, 0.25) is 5.91 Å². The molecule has 0 unspecified atom stereocenters. The maximum absolute atomic E-state index is 13.0. The molecular weight excluding hydrogens is 628 g/mol.